The highest BCUT2D eigenvalue weighted by molar-refractivity contribution is 5.97. The summed E-state index contributed by atoms with van der Waals surface area (Å²) in [5.41, 5.74) is 2.78. The van der Waals surface area contributed by atoms with Crippen molar-refractivity contribution in [3.8, 4) is 11.5 Å². The molecule has 0 unspecified atom stereocenters. The van der Waals surface area contributed by atoms with Gasteiger partial charge in [-0.2, -0.15) is 0 Å². The summed E-state index contributed by atoms with van der Waals surface area (Å²) in [4.78, 5) is 16.0. The Kier molecular flexibility index (Phi) is 4.42. The maximum absolute atomic E-state index is 12.0. The molecule has 0 bridgehead atoms. The van der Waals surface area contributed by atoms with Crippen LogP contribution in [0.15, 0.2) is 30.6 Å². The summed E-state index contributed by atoms with van der Waals surface area (Å²) in [5.74, 6) is -1.05. The van der Waals surface area contributed by atoms with Gasteiger partial charge in [0.15, 0.2) is 11.5 Å². The van der Waals surface area contributed by atoms with Crippen LogP contribution in [0.3, 0.4) is 0 Å². The monoisotopic (exact) mass is 286 g/mol. The molecular weight excluding hydrogens is 268 g/mol. The molecule has 0 atom stereocenters. The average Bonchev–Trinajstić information content (AvgIpc) is 2.47. The van der Waals surface area contributed by atoms with Crippen molar-refractivity contribution in [1.29, 1.82) is 0 Å². The topological polar surface area (TPSA) is 82.5 Å². The number of hydrogen-bond donors (Lipinski definition) is 3. The zero-order valence-electron chi connectivity index (χ0n) is 12.1. The van der Waals surface area contributed by atoms with Gasteiger partial charge >= 0.3 is 0 Å². The van der Waals surface area contributed by atoms with E-state index in [4.69, 9.17) is 0 Å². The first kappa shape index (κ1) is 14.8. The molecule has 0 saturated carbocycles. The molecule has 5 nitrogen and oxygen atoms in total. The number of benzene rings is 1. The standard InChI is InChI=1S/C16H18N2O3/c1-10-3-4-13(15(20)14(10)19)16(21)18-8-6-12-5-7-17-9-11(12)2/h3-5,7,9,19-20H,6,8H2,1-2H3,(H,18,21). The van der Waals surface area contributed by atoms with Gasteiger partial charge in [-0.3, -0.25) is 9.78 Å². The molecule has 0 radical (unpaired) electrons. The number of pyridine rings is 1. The molecule has 0 spiro atoms. The summed E-state index contributed by atoms with van der Waals surface area (Å²) in [5, 5.41) is 22.2. The predicted molar refractivity (Wildman–Crippen MR) is 79.5 cm³/mol. The highest BCUT2D eigenvalue weighted by Crippen LogP contribution is 2.31. The third kappa shape index (κ3) is 3.31. The first-order valence-electron chi connectivity index (χ1n) is 6.70. The fourth-order valence-corrected chi connectivity index (χ4v) is 2.05. The normalized spacial score (nSPS) is 10.4. The molecule has 21 heavy (non-hydrogen) atoms. The highest BCUT2D eigenvalue weighted by Gasteiger charge is 2.15. The molecule has 2 aromatic rings. The van der Waals surface area contributed by atoms with Crippen LogP contribution in [0, 0.1) is 13.8 Å². The Balaban J connectivity index is 2.00. The van der Waals surface area contributed by atoms with Gasteiger partial charge < -0.3 is 15.5 Å². The summed E-state index contributed by atoms with van der Waals surface area (Å²) in [6.45, 7) is 4.06. The van der Waals surface area contributed by atoms with Crippen molar-refractivity contribution in [2.24, 2.45) is 0 Å². The van der Waals surface area contributed by atoms with Crippen LogP contribution < -0.4 is 5.32 Å². The van der Waals surface area contributed by atoms with Crippen molar-refractivity contribution in [3.05, 3.63) is 52.8 Å². The number of aromatic hydroxyl groups is 2. The van der Waals surface area contributed by atoms with Crippen molar-refractivity contribution in [3.63, 3.8) is 0 Å². The Bertz CT molecular complexity index is 669. The zero-order chi connectivity index (χ0) is 15.4. The molecule has 0 aliphatic carbocycles. The van der Waals surface area contributed by atoms with E-state index in [0.717, 1.165) is 11.1 Å². The van der Waals surface area contributed by atoms with Crippen LogP contribution in [0.2, 0.25) is 0 Å². The molecule has 2 rings (SSSR count). The summed E-state index contributed by atoms with van der Waals surface area (Å²) in [6.07, 6.45) is 4.17. The molecule has 5 heteroatoms. The Morgan fingerprint density at radius 3 is 2.62 bits per heavy atom. The van der Waals surface area contributed by atoms with Crippen LogP contribution in [0.4, 0.5) is 0 Å². The molecule has 1 aromatic carbocycles. The number of aromatic nitrogens is 1. The lowest BCUT2D eigenvalue weighted by Gasteiger charge is -2.10. The third-order valence-corrected chi connectivity index (χ3v) is 3.41. The first-order chi connectivity index (χ1) is 10.0. The average molecular weight is 286 g/mol. The molecular formula is C16H18N2O3. The van der Waals surface area contributed by atoms with Gasteiger partial charge in [-0.05, 0) is 49.1 Å². The zero-order valence-corrected chi connectivity index (χ0v) is 12.1. The van der Waals surface area contributed by atoms with E-state index in [1.54, 1.807) is 25.4 Å². The maximum atomic E-state index is 12.0. The van der Waals surface area contributed by atoms with E-state index < -0.39 is 5.91 Å². The van der Waals surface area contributed by atoms with Gasteiger partial charge in [-0.25, -0.2) is 0 Å². The second-order valence-corrected chi connectivity index (χ2v) is 4.94. The van der Waals surface area contributed by atoms with Gasteiger partial charge in [0.25, 0.3) is 5.91 Å². The minimum atomic E-state index is -0.408. The molecule has 110 valence electrons. The van der Waals surface area contributed by atoms with Crippen LogP contribution in [0.1, 0.15) is 27.0 Å². The summed E-state index contributed by atoms with van der Waals surface area (Å²) >= 11 is 0. The first-order valence-corrected chi connectivity index (χ1v) is 6.70. The SMILES string of the molecule is Cc1cnccc1CCNC(=O)c1ccc(C)c(O)c1O. The number of nitrogens with one attached hydrogen (secondary N) is 1. The number of amides is 1. The van der Waals surface area contributed by atoms with E-state index in [0.29, 0.717) is 18.5 Å². The van der Waals surface area contributed by atoms with Crippen molar-refractivity contribution < 1.29 is 15.0 Å². The van der Waals surface area contributed by atoms with Gasteiger partial charge in [0.1, 0.15) is 0 Å². The minimum Gasteiger partial charge on any atom is -0.504 e. The minimum absolute atomic E-state index is 0.0737. The van der Waals surface area contributed by atoms with Crippen LogP contribution in [0.25, 0.3) is 0 Å². The van der Waals surface area contributed by atoms with E-state index in [1.165, 1.54) is 6.07 Å². The summed E-state index contributed by atoms with van der Waals surface area (Å²) in [7, 11) is 0. The number of carbonyl (C=O) groups excluding carboxylic acids is 1. The summed E-state index contributed by atoms with van der Waals surface area (Å²) < 4.78 is 0. The molecule has 0 saturated heterocycles. The predicted octanol–water partition coefficient (Wildman–Crippen LogP) is 2.08. The van der Waals surface area contributed by atoms with E-state index in [9.17, 15) is 15.0 Å². The van der Waals surface area contributed by atoms with Crippen molar-refractivity contribution >= 4 is 5.91 Å². The molecule has 3 N–H and O–H groups in total. The lowest BCUT2D eigenvalue weighted by Crippen LogP contribution is -2.26. The van der Waals surface area contributed by atoms with Crippen molar-refractivity contribution in [2.75, 3.05) is 6.54 Å². The molecule has 0 aliphatic rings. The Hall–Kier alpha value is -2.56. The number of nitrogens with zero attached hydrogens (tertiary/aromatic N) is 1. The summed E-state index contributed by atoms with van der Waals surface area (Å²) in [6, 6.07) is 5.01. The van der Waals surface area contributed by atoms with Crippen LogP contribution in [0.5, 0.6) is 11.5 Å². The molecule has 0 fully saturated rings. The largest absolute Gasteiger partial charge is 0.504 e. The third-order valence-electron chi connectivity index (χ3n) is 3.41. The molecule has 1 amide bonds. The Labute approximate surface area is 123 Å². The molecule has 1 aromatic heterocycles. The van der Waals surface area contributed by atoms with E-state index in [1.807, 2.05) is 13.0 Å². The van der Waals surface area contributed by atoms with Gasteiger partial charge in [0, 0.05) is 18.9 Å². The number of phenolic OH excluding ortho intramolecular Hbond substituents is 2. The molecule has 0 aliphatic heterocycles. The fourth-order valence-electron chi connectivity index (χ4n) is 2.05. The number of rotatable bonds is 4. The second-order valence-electron chi connectivity index (χ2n) is 4.94. The van der Waals surface area contributed by atoms with E-state index in [2.05, 4.69) is 10.3 Å². The number of phenols is 2. The van der Waals surface area contributed by atoms with Gasteiger partial charge in [-0.1, -0.05) is 6.07 Å². The second kappa shape index (κ2) is 6.26. The van der Waals surface area contributed by atoms with Crippen LogP contribution in [-0.4, -0.2) is 27.6 Å². The lowest BCUT2D eigenvalue weighted by molar-refractivity contribution is 0.0950. The van der Waals surface area contributed by atoms with Crippen LogP contribution in [-0.2, 0) is 6.42 Å². The number of carbonyl (C=O) groups is 1. The lowest BCUT2D eigenvalue weighted by atomic mass is 10.1. The number of hydrogen-bond acceptors (Lipinski definition) is 4. The van der Waals surface area contributed by atoms with Gasteiger partial charge in [0.05, 0.1) is 5.56 Å². The smallest absolute Gasteiger partial charge is 0.255 e. The highest BCUT2D eigenvalue weighted by atomic mass is 16.3. The molecule has 1 heterocycles. The van der Waals surface area contributed by atoms with Crippen LogP contribution >= 0.6 is 0 Å². The Morgan fingerprint density at radius 1 is 1.14 bits per heavy atom. The quantitative estimate of drug-likeness (QED) is 0.752. The van der Waals surface area contributed by atoms with E-state index >= 15 is 0 Å². The number of aryl methyl sites for hydroxylation is 2. The fraction of sp³-hybridized carbons (Fsp3) is 0.250. The Morgan fingerprint density at radius 2 is 1.90 bits per heavy atom. The maximum Gasteiger partial charge on any atom is 0.255 e. The van der Waals surface area contributed by atoms with Crippen molar-refractivity contribution in [1.82, 2.24) is 10.3 Å². The van der Waals surface area contributed by atoms with Gasteiger partial charge in [-0.15, -0.1) is 0 Å². The van der Waals surface area contributed by atoms with Crippen molar-refractivity contribution in [2.45, 2.75) is 20.3 Å². The van der Waals surface area contributed by atoms with E-state index in [-0.39, 0.29) is 17.1 Å². The van der Waals surface area contributed by atoms with Gasteiger partial charge in [0.2, 0.25) is 0 Å².